The van der Waals surface area contributed by atoms with Crippen LogP contribution >= 0.6 is 34.8 Å². The molecule has 1 amide bonds. The van der Waals surface area contributed by atoms with Crippen molar-refractivity contribution in [1.82, 2.24) is 0 Å². The van der Waals surface area contributed by atoms with Gasteiger partial charge in [0, 0.05) is 5.56 Å². The molecule has 0 bridgehead atoms. The lowest BCUT2D eigenvalue weighted by atomic mass is 10.1. The molecule has 16 heavy (non-hydrogen) atoms. The smallest absolute Gasteiger partial charge is 0.253 e. The van der Waals surface area contributed by atoms with Gasteiger partial charge >= 0.3 is 0 Å². The number of carbonyl (C=O) groups is 1. The second kappa shape index (κ2) is 4.95. The van der Waals surface area contributed by atoms with Crippen LogP contribution < -0.4 is 5.73 Å². The van der Waals surface area contributed by atoms with Gasteiger partial charge in [-0.15, -0.1) is 0 Å². The van der Waals surface area contributed by atoms with E-state index in [4.69, 9.17) is 40.5 Å². The average molecular weight is 285 g/mol. The fraction of sp³-hybridized carbons (Fsp3) is 0.125. The van der Waals surface area contributed by atoms with Crippen molar-refractivity contribution >= 4 is 40.7 Å². The van der Waals surface area contributed by atoms with Crippen LogP contribution in [0, 0.1) is 10.7 Å². The van der Waals surface area contributed by atoms with Crippen molar-refractivity contribution in [2.45, 2.75) is 6.54 Å². The van der Waals surface area contributed by atoms with Crippen LogP contribution in [-0.4, -0.2) is 5.91 Å². The van der Waals surface area contributed by atoms with E-state index in [9.17, 15) is 14.1 Å². The van der Waals surface area contributed by atoms with Crippen molar-refractivity contribution in [1.29, 1.82) is 0 Å². The molecule has 0 aromatic heterocycles. The third-order valence-corrected chi connectivity index (χ3v) is 3.19. The van der Waals surface area contributed by atoms with Crippen molar-refractivity contribution in [2.75, 3.05) is 0 Å². The van der Waals surface area contributed by atoms with E-state index in [0.717, 1.165) is 0 Å². The maximum absolute atomic E-state index is 13.7. The van der Waals surface area contributed by atoms with Gasteiger partial charge in [-0.3, -0.25) is 4.79 Å². The molecule has 2 N–H and O–H groups in total. The monoisotopic (exact) mass is 284 g/mol. The molecule has 0 spiro atoms. The van der Waals surface area contributed by atoms with Gasteiger partial charge < -0.3 is 5.73 Å². The first-order valence-corrected chi connectivity index (χ1v) is 4.98. The van der Waals surface area contributed by atoms with Crippen molar-refractivity contribution in [3.8, 4) is 0 Å². The van der Waals surface area contributed by atoms with Crippen molar-refractivity contribution in [2.24, 2.45) is 10.9 Å². The molecule has 0 saturated carbocycles. The Labute approximate surface area is 104 Å². The summed E-state index contributed by atoms with van der Waals surface area (Å²) in [5.74, 6) is -2.18. The Morgan fingerprint density at radius 1 is 1.25 bits per heavy atom. The number of primary amides is 1. The lowest BCUT2D eigenvalue weighted by molar-refractivity contribution is 0.0996. The van der Waals surface area contributed by atoms with Crippen LogP contribution in [0.1, 0.15) is 15.9 Å². The molecule has 86 valence electrons. The highest BCUT2D eigenvalue weighted by Gasteiger charge is 2.24. The SMILES string of the molecule is NC(=O)c1c(F)c(CN=O)c(Cl)c(Cl)c1Cl. The quantitative estimate of drug-likeness (QED) is 0.526. The predicted octanol–water partition coefficient (Wildman–Crippen LogP) is 3.15. The summed E-state index contributed by atoms with van der Waals surface area (Å²) in [5, 5.41) is 1.59. The van der Waals surface area contributed by atoms with Crippen LogP contribution in [0.4, 0.5) is 4.39 Å². The fourth-order valence-electron chi connectivity index (χ4n) is 1.10. The van der Waals surface area contributed by atoms with E-state index >= 15 is 0 Å². The van der Waals surface area contributed by atoms with E-state index in [1.54, 1.807) is 0 Å². The van der Waals surface area contributed by atoms with E-state index in [2.05, 4.69) is 5.18 Å². The molecule has 0 aliphatic rings. The highest BCUT2D eigenvalue weighted by molar-refractivity contribution is 6.49. The molecule has 0 atom stereocenters. The summed E-state index contributed by atoms with van der Waals surface area (Å²) in [6.45, 7) is -0.568. The number of nitroso groups, excluding NO2 is 1. The number of nitrogens with two attached hydrogens (primary N) is 1. The Morgan fingerprint density at radius 3 is 2.25 bits per heavy atom. The Balaban J connectivity index is 3.65. The molecular weight excluding hydrogens is 281 g/mol. The summed E-state index contributed by atoms with van der Waals surface area (Å²) in [6, 6.07) is 0. The highest BCUT2D eigenvalue weighted by Crippen LogP contribution is 2.38. The maximum Gasteiger partial charge on any atom is 0.253 e. The van der Waals surface area contributed by atoms with E-state index in [-0.39, 0.29) is 20.6 Å². The largest absolute Gasteiger partial charge is 0.365 e. The van der Waals surface area contributed by atoms with Gasteiger partial charge in [0.05, 0.1) is 20.6 Å². The molecule has 0 fully saturated rings. The molecule has 1 aromatic carbocycles. The standard InChI is InChI=1S/C8H4Cl3FN2O2/c9-4-2(1-14-16)7(12)3(8(13)15)5(10)6(4)11/h1H2,(H2,13,15). The average Bonchev–Trinajstić information content (AvgIpc) is 2.21. The molecule has 8 heteroatoms. The number of hydrogen-bond donors (Lipinski definition) is 1. The maximum atomic E-state index is 13.7. The van der Waals surface area contributed by atoms with Crippen molar-refractivity contribution in [3.63, 3.8) is 0 Å². The van der Waals surface area contributed by atoms with Gasteiger partial charge in [-0.05, 0) is 0 Å². The van der Waals surface area contributed by atoms with Gasteiger partial charge in [-0.1, -0.05) is 40.0 Å². The fourth-order valence-corrected chi connectivity index (χ4v) is 1.87. The highest BCUT2D eigenvalue weighted by atomic mass is 35.5. The Kier molecular flexibility index (Phi) is 4.07. The predicted molar refractivity (Wildman–Crippen MR) is 59.4 cm³/mol. The molecule has 1 aromatic rings. The summed E-state index contributed by atoms with van der Waals surface area (Å²) < 4.78 is 13.7. The minimum Gasteiger partial charge on any atom is -0.365 e. The molecule has 0 unspecified atom stereocenters. The normalized spacial score (nSPS) is 10.2. The van der Waals surface area contributed by atoms with Crippen LogP contribution in [0.15, 0.2) is 5.18 Å². The molecule has 0 aliphatic carbocycles. The number of halogens is 4. The first-order valence-electron chi connectivity index (χ1n) is 3.85. The Morgan fingerprint density at radius 2 is 1.81 bits per heavy atom. The second-order valence-corrected chi connectivity index (χ2v) is 3.89. The van der Waals surface area contributed by atoms with Gasteiger partial charge in [0.1, 0.15) is 12.4 Å². The molecule has 0 radical (unpaired) electrons. The van der Waals surface area contributed by atoms with Crippen LogP contribution in [0.2, 0.25) is 15.1 Å². The topological polar surface area (TPSA) is 72.5 Å². The number of nitrogens with zero attached hydrogens (tertiary/aromatic N) is 1. The first-order chi connectivity index (χ1) is 7.41. The van der Waals surface area contributed by atoms with Crippen LogP contribution in [0.5, 0.6) is 0 Å². The minimum atomic E-state index is -1.10. The number of amides is 1. The number of hydrogen-bond acceptors (Lipinski definition) is 3. The number of carbonyl (C=O) groups excluding carboxylic acids is 1. The first kappa shape index (κ1) is 13.2. The van der Waals surface area contributed by atoms with Gasteiger partial charge in [0.25, 0.3) is 5.91 Å². The van der Waals surface area contributed by atoms with Crippen molar-refractivity contribution in [3.05, 3.63) is 36.9 Å². The lowest BCUT2D eigenvalue weighted by Gasteiger charge is -2.10. The molecule has 0 saturated heterocycles. The Bertz CT molecular complexity index is 479. The molecule has 0 heterocycles. The molecule has 0 aliphatic heterocycles. The van der Waals surface area contributed by atoms with Crippen LogP contribution in [-0.2, 0) is 6.54 Å². The summed E-state index contributed by atoms with van der Waals surface area (Å²) in [4.78, 5) is 21.0. The van der Waals surface area contributed by atoms with E-state index in [1.165, 1.54) is 0 Å². The third kappa shape index (κ3) is 2.11. The van der Waals surface area contributed by atoms with E-state index in [0.29, 0.717) is 0 Å². The lowest BCUT2D eigenvalue weighted by Crippen LogP contribution is -2.15. The minimum absolute atomic E-state index is 0.239. The zero-order valence-corrected chi connectivity index (χ0v) is 9.83. The summed E-state index contributed by atoms with van der Waals surface area (Å²) in [6.07, 6.45) is 0. The molecule has 4 nitrogen and oxygen atoms in total. The number of rotatable bonds is 3. The zero-order chi connectivity index (χ0) is 12.5. The Hall–Kier alpha value is -0.910. The molecular formula is C8H4Cl3FN2O2. The van der Waals surface area contributed by atoms with E-state index < -0.39 is 23.8 Å². The van der Waals surface area contributed by atoms with Crippen molar-refractivity contribution < 1.29 is 9.18 Å². The molecule has 1 rings (SSSR count). The number of benzene rings is 1. The van der Waals surface area contributed by atoms with Gasteiger partial charge in [-0.2, -0.15) is 4.91 Å². The van der Waals surface area contributed by atoms with Gasteiger partial charge in [-0.25, -0.2) is 4.39 Å². The van der Waals surface area contributed by atoms with Crippen LogP contribution in [0.3, 0.4) is 0 Å². The summed E-state index contributed by atoms with van der Waals surface area (Å²) in [7, 11) is 0. The van der Waals surface area contributed by atoms with Crippen LogP contribution in [0.25, 0.3) is 0 Å². The van der Waals surface area contributed by atoms with Gasteiger partial charge in [0.15, 0.2) is 0 Å². The zero-order valence-electron chi connectivity index (χ0n) is 7.56. The summed E-state index contributed by atoms with van der Waals surface area (Å²) >= 11 is 16.9. The van der Waals surface area contributed by atoms with E-state index in [1.807, 2.05) is 0 Å². The third-order valence-electron chi connectivity index (χ3n) is 1.82. The van der Waals surface area contributed by atoms with Gasteiger partial charge in [0.2, 0.25) is 0 Å². The summed E-state index contributed by atoms with van der Waals surface area (Å²) in [5.41, 5.74) is 4.02. The second-order valence-electron chi connectivity index (χ2n) is 2.76.